The molecule has 1 rings (SSSR count). The largest absolute Gasteiger partial charge is 0.480 e. The first-order valence-electron chi connectivity index (χ1n) is 4.76. The molecule has 0 saturated heterocycles. The second kappa shape index (κ2) is 5.80. The Bertz CT molecular complexity index is 347. The number of nitrogens with one attached hydrogen (secondary N) is 1. The molecule has 0 spiro atoms. The van der Waals surface area contributed by atoms with Gasteiger partial charge in [0.25, 0.3) is 5.91 Å². The van der Waals surface area contributed by atoms with E-state index in [0.29, 0.717) is 18.1 Å². The molecular weight excluding hydrogens is 192 g/mol. The first kappa shape index (κ1) is 11.2. The van der Waals surface area contributed by atoms with Gasteiger partial charge in [-0.15, -0.1) is 5.10 Å². The van der Waals surface area contributed by atoms with Gasteiger partial charge < -0.3 is 4.74 Å². The number of amides is 1. The quantitative estimate of drug-likeness (QED) is 0.465. The van der Waals surface area contributed by atoms with Crippen molar-refractivity contribution in [2.24, 2.45) is 5.10 Å². The predicted molar refractivity (Wildman–Crippen MR) is 58.6 cm³/mol. The predicted octanol–water partition coefficient (Wildman–Crippen LogP) is 1.79. The molecule has 15 heavy (non-hydrogen) atoms. The Labute approximate surface area is 88.9 Å². The van der Waals surface area contributed by atoms with E-state index in [1.807, 2.05) is 13.0 Å². The molecule has 0 unspecified atom stereocenters. The summed E-state index contributed by atoms with van der Waals surface area (Å²) in [5.41, 5.74) is 2.98. The van der Waals surface area contributed by atoms with Crippen molar-refractivity contribution >= 4 is 11.8 Å². The van der Waals surface area contributed by atoms with Gasteiger partial charge in [0.05, 0.1) is 6.61 Å². The number of ether oxygens (including phenoxy) is 1. The van der Waals surface area contributed by atoms with Gasteiger partial charge in [-0.05, 0) is 19.1 Å². The van der Waals surface area contributed by atoms with Crippen LogP contribution in [0.4, 0.5) is 0 Å². The summed E-state index contributed by atoms with van der Waals surface area (Å²) in [6, 6.07) is 8.90. The lowest BCUT2D eigenvalue weighted by Gasteiger charge is -2.02. The van der Waals surface area contributed by atoms with Gasteiger partial charge >= 0.3 is 0 Å². The van der Waals surface area contributed by atoms with Crippen molar-refractivity contribution in [1.82, 2.24) is 5.43 Å². The molecule has 1 aromatic carbocycles. The lowest BCUT2D eigenvalue weighted by molar-refractivity contribution is 0.0953. The molecule has 80 valence electrons. The number of hydrazone groups is 1. The van der Waals surface area contributed by atoms with Gasteiger partial charge in [0.2, 0.25) is 5.90 Å². The fourth-order valence-corrected chi connectivity index (χ4v) is 1.02. The van der Waals surface area contributed by atoms with E-state index in [2.05, 4.69) is 10.5 Å². The van der Waals surface area contributed by atoms with E-state index in [4.69, 9.17) is 4.74 Å². The first-order valence-corrected chi connectivity index (χ1v) is 4.76. The maximum atomic E-state index is 11.5. The minimum absolute atomic E-state index is 0.241. The van der Waals surface area contributed by atoms with Crippen molar-refractivity contribution in [1.29, 1.82) is 0 Å². The minimum Gasteiger partial charge on any atom is -0.480 e. The van der Waals surface area contributed by atoms with Crippen LogP contribution in [0.3, 0.4) is 0 Å². The molecule has 0 aromatic heterocycles. The Morgan fingerprint density at radius 1 is 1.40 bits per heavy atom. The molecule has 0 aliphatic heterocycles. The summed E-state index contributed by atoms with van der Waals surface area (Å²) in [5, 5.41) is 3.79. The van der Waals surface area contributed by atoms with Gasteiger partial charge in [-0.2, -0.15) is 0 Å². The lowest BCUT2D eigenvalue weighted by Crippen LogP contribution is -2.19. The maximum absolute atomic E-state index is 11.5. The highest BCUT2D eigenvalue weighted by atomic mass is 16.5. The summed E-state index contributed by atoms with van der Waals surface area (Å²) < 4.78 is 5.06. The maximum Gasteiger partial charge on any atom is 0.271 e. The molecule has 4 heteroatoms. The van der Waals surface area contributed by atoms with Gasteiger partial charge in [-0.3, -0.25) is 4.79 Å². The molecule has 0 radical (unpaired) electrons. The van der Waals surface area contributed by atoms with E-state index in [9.17, 15) is 4.79 Å². The third kappa shape index (κ3) is 3.81. The van der Waals surface area contributed by atoms with Gasteiger partial charge in [-0.1, -0.05) is 18.2 Å². The molecule has 0 aliphatic rings. The van der Waals surface area contributed by atoms with Crippen LogP contribution in [0.2, 0.25) is 0 Å². The fraction of sp³-hybridized carbons (Fsp3) is 0.273. The molecule has 0 fully saturated rings. The zero-order valence-electron chi connectivity index (χ0n) is 8.86. The van der Waals surface area contributed by atoms with E-state index in [0.717, 1.165) is 0 Å². The summed E-state index contributed by atoms with van der Waals surface area (Å²) in [4.78, 5) is 11.5. The molecule has 0 saturated carbocycles. The minimum atomic E-state index is -0.241. The van der Waals surface area contributed by atoms with Crippen molar-refractivity contribution in [3.63, 3.8) is 0 Å². The summed E-state index contributed by atoms with van der Waals surface area (Å²) in [7, 11) is 0. The van der Waals surface area contributed by atoms with Crippen LogP contribution < -0.4 is 5.43 Å². The average Bonchev–Trinajstić information content (AvgIpc) is 2.27. The third-order valence-electron chi connectivity index (χ3n) is 1.70. The van der Waals surface area contributed by atoms with E-state index in [1.54, 1.807) is 31.2 Å². The highest BCUT2D eigenvalue weighted by Crippen LogP contribution is 1.97. The van der Waals surface area contributed by atoms with E-state index < -0.39 is 0 Å². The van der Waals surface area contributed by atoms with Gasteiger partial charge in [0.15, 0.2) is 0 Å². The Morgan fingerprint density at radius 2 is 2.07 bits per heavy atom. The Kier molecular flexibility index (Phi) is 4.34. The molecule has 0 atom stereocenters. The highest BCUT2D eigenvalue weighted by molar-refractivity contribution is 5.94. The Morgan fingerprint density at radius 3 is 2.67 bits per heavy atom. The number of nitrogens with zero attached hydrogens (tertiary/aromatic N) is 1. The summed E-state index contributed by atoms with van der Waals surface area (Å²) in [6.45, 7) is 4.09. The van der Waals surface area contributed by atoms with Crippen molar-refractivity contribution in [2.45, 2.75) is 13.8 Å². The summed E-state index contributed by atoms with van der Waals surface area (Å²) in [6.07, 6.45) is 0. The Balaban J connectivity index is 2.54. The van der Waals surface area contributed by atoms with Crippen molar-refractivity contribution < 1.29 is 9.53 Å². The van der Waals surface area contributed by atoms with Crippen LogP contribution in [-0.2, 0) is 4.74 Å². The number of hydrogen-bond donors (Lipinski definition) is 1. The molecule has 4 nitrogen and oxygen atoms in total. The monoisotopic (exact) mass is 206 g/mol. The molecule has 1 aromatic rings. The molecule has 1 N–H and O–H groups in total. The normalized spacial score (nSPS) is 10.9. The number of hydrogen-bond acceptors (Lipinski definition) is 3. The zero-order valence-corrected chi connectivity index (χ0v) is 8.86. The second-order valence-electron chi connectivity index (χ2n) is 2.87. The summed E-state index contributed by atoms with van der Waals surface area (Å²) >= 11 is 0. The van der Waals surface area contributed by atoms with Gasteiger partial charge in [-0.25, -0.2) is 5.43 Å². The van der Waals surface area contributed by atoms with Crippen LogP contribution in [-0.4, -0.2) is 18.4 Å². The lowest BCUT2D eigenvalue weighted by atomic mass is 10.2. The molecule has 1 amide bonds. The van der Waals surface area contributed by atoms with Crippen molar-refractivity contribution in [3.05, 3.63) is 35.9 Å². The topological polar surface area (TPSA) is 50.7 Å². The van der Waals surface area contributed by atoms with Crippen LogP contribution in [0, 0.1) is 0 Å². The van der Waals surface area contributed by atoms with Crippen LogP contribution in [0.15, 0.2) is 35.4 Å². The van der Waals surface area contributed by atoms with E-state index >= 15 is 0 Å². The molecule has 0 aliphatic carbocycles. The first-order chi connectivity index (χ1) is 7.24. The Hall–Kier alpha value is -1.84. The van der Waals surface area contributed by atoms with Crippen molar-refractivity contribution in [3.8, 4) is 0 Å². The van der Waals surface area contributed by atoms with E-state index in [-0.39, 0.29) is 5.91 Å². The van der Waals surface area contributed by atoms with Crippen molar-refractivity contribution in [2.75, 3.05) is 6.61 Å². The molecular formula is C11H14N2O2. The van der Waals surface area contributed by atoms with Crippen LogP contribution in [0.25, 0.3) is 0 Å². The molecule has 0 bridgehead atoms. The van der Waals surface area contributed by atoms with Crippen LogP contribution in [0.5, 0.6) is 0 Å². The summed E-state index contributed by atoms with van der Waals surface area (Å²) in [5.74, 6) is 0.205. The van der Waals surface area contributed by atoms with Gasteiger partial charge in [0.1, 0.15) is 0 Å². The standard InChI is InChI=1S/C11H14N2O2/c1-3-15-9(2)12-13-11(14)10-7-5-4-6-8-10/h4-8H,3H2,1-2H3,(H,13,14)/b12-9-. The number of benzene rings is 1. The van der Waals surface area contributed by atoms with Crippen LogP contribution in [0.1, 0.15) is 24.2 Å². The smallest absolute Gasteiger partial charge is 0.271 e. The van der Waals surface area contributed by atoms with Crippen LogP contribution >= 0.6 is 0 Å². The second-order valence-corrected chi connectivity index (χ2v) is 2.87. The number of carbonyl (C=O) groups excluding carboxylic acids is 1. The number of rotatable bonds is 3. The zero-order chi connectivity index (χ0) is 11.1. The van der Waals surface area contributed by atoms with Gasteiger partial charge in [0, 0.05) is 12.5 Å². The highest BCUT2D eigenvalue weighted by Gasteiger charge is 2.02. The number of carbonyl (C=O) groups is 1. The average molecular weight is 206 g/mol. The van der Waals surface area contributed by atoms with E-state index in [1.165, 1.54) is 0 Å². The fourth-order valence-electron chi connectivity index (χ4n) is 1.02. The third-order valence-corrected chi connectivity index (χ3v) is 1.70. The SMILES string of the molecule is CCO/C(C)=N\NC(=O)c1ccccc1. The molecule has 0 heterocycles.